The summed E-state index contributed by atoms with van der Waals surface area (Å²) in [4.78, 5) is 15.6. The highest BCUT2D eigenvalue weighted by atomic mass is 79.9. The summed E-state index contributed by atoms with van der Waals surface area (Å²) >= 11 is 4.86. The number of anilines is 1. The SMILES string of the molecule is CCOC(=O)Cc1csc(NN=Cc2ccc(Br)c(C)c2)n1. The smallest absolute Gasteiger partial charge is 0.311 e. The van der Waals surface area contributed by atoms with Gasteiger partial charge in [-0.15, -0.1) is 11.3 Å². The number of aryl methyl sites for hydroxylation is 1. The van der Waals surface area contributed by atoms with Crippen LogP contribution in [0.1, 0.15) is 23.7 Å². The first-order valence-corrected chi connectivity index (χ1v) is 8.41. The monoisotopic (exact) mass is 381 g/mol. The van der Waals surface area contributed by atoms with Crippen LogP contribution in [0.5, 0.6) is 0 Å². The highest BCUT2D eigenvalue weighted by Gasteiger charge is 2.07. The van der Waals surface area contributed by atoms with Gasteiger partial charge in [0.05, 0.1) is 24.9 Å². The van der Waals surface area contributed by atoms with Crippen LogP contribution in [0.15, 0.2) is 33.2 Å². The van der Waals surface area contributed by atoms with Gasteiger partial charge in [-0.1, -0.05) is 22.0 Å². The number of esters is 1. The zero-order chi connectivity index (χ0) is 15.9. The van der Waals surface area contributed by atoms with E-state index in [2.05, 4.69) is 31.4 Å². The predicted octanol–water partition coefficient (Wildman–Crippen LogP) is 3.77. The van der Waals surface area contributed by atoms with E-state index in [9.17, 15) is 4.79 Å². The van der Waals surface area contributed by atoms with Gasteiger partial charge in [-0.2, -0.15) is 5.10 Å². The van der Waals surface area contributed by atoms with Gasteiger partial charge in [0.2, 0.25) is 5.13 Å². The molecule has 1 N–H and O–H groups in total. The van der Waals surface area contributed by atoms with E-state index >= 15 is 0 Å². The fraction of sp³-hybridized carbons (Fsp3) is 0.267. The molecule has 2 rings (SSSR count). The van der Waals surface area contributed by atoms with E-state index in [0.717, 1.165) is 15.6 Å². The van der Waals surface area contributed by atoms with Crippen molar-refractivity contribution in [2.45, 2.75) is 20.3 Å². The minimum Gasteiger partial charge on any atom is -0.466 e. The van der Waals surface area contributed by atoms with Crippen molar-refractivity contribution < 1.29 is 9.53 Å². The Balaban J connectivity index is 1.91. The molecule has 0 aliphatic heterocycles. The lowest BCUT2D eigenvalue weighted by molar-refractivity contribution is -0.142. The van der Waals surface area contributed by atoms with Gasteiger partial charge in [0.1, 0.15) is 0 Å². The van der Waals surface area contributed by atoms with E-state index in [-0.39, 0.29) is 12.4 Å². The largest absolute Gasteiger partial charge is 0.466 e. The molecule has 0 radical (unpaired) electrons. The topological polar surface area (TPSA) is 63.6 Å². The van der Waals surface area contributed by atoms with Crippen LogP contribution >= 0.6 is 27.3 Å². The lowest BCUT2D eigenvalue weighted by Gasteiger charge is -1.99. The number of aromatic nitrogens is 1. The maximum Gasteiger partial charge on any atom is 0.311 e. The molecule has 2 aromatic rings. The van der Waals surface area contributed by atoms with E-state index in [1.807, 2.05) is 30.5 Å². The lowest BCUT2D eigenvalue weighted by atomic mass is 10.2. The number of carbonyl (C=O) groups excluding carboxylic acids is 1. The van der Waals surface area contributed by atoms with Gasteiger partial charge in [0.25, 0.3) is 0 Å². The van der Waals surface area contributed by atoms with Crippen molar-refractivity contribution in [2.75, 3.05) is 12.0 Å². The standard InChI is InChI=1S/C15H16BrN3O2S/c1-3-21-14(20)7-12-9-22-15(18-12)19-17-8-11-4-5-13(16)10(2)6-11/h4-6,8-9H,3,7H2,1-2H3,(H,18,19). The van der Waals surface area contributed by atoms with E-state index in [4.69, 9.17) is 4.74 Å². The highest BCUT2D eigenvalue weighted by Crippen LogP contribution is 2.17. The molecule has 0 aliphatic rings. The second-order valence-electron chi connectivity index (χ2n) is 4.50. The van der Waals surface area contributed by atoms with Gasteiger partial charge >= 0.3 is 5.97 Å². The zero-order valence-electron chi connectivity index (χ0n) is 12.3. The van der Waals surface area contributed by atoms with E-state index < -0.39 is 0 Å². The minimum atomic E-state index is -0.270. The Morgan fingerprint density at radius 3 is 3.09 bits per heavy atom. The van der Waals surface area contributed by atoms with Crippen molar-refractivity contribution in [2.24, 2.45) is 5.10 Å². The number of nitrogens with one attached hydrogen (secondary N) is 1. The second kappa shape index (κ2) is 8.05. The summed E-state index contributed by atoms with van der Waals surface area (Å²) < 4.78 is 5.96. The van der Waals surface area contributed by atoms with Crippen LogP contribution in [0.3, 0.4) is 0 Å². The van der Waals surface area contributed by atoms with Crippen LogP contribution < -0.4 is 5.43 Å². The first-order chi connectivity index (χ1) is 10.6. The Morgan fingerprint density at radius 2 is 2.36 bits per heavy atom. The van der Waals surface area contributed by atoms with Crippen LogP contribution in [0.4, 0.5) is 5.13 Å². The van der Waals surface area contributed by atoms with E-state index in [0.29, 0.717) is 17.4 Å². The van der Waals surface area contributed by atoms with Crippen LogP contribution in [-0.4, -0.2) is 23.8 Å². The van der Waals surface area contributed by atoms with E-state index in [1.165, 1.54) is 11.3 Å². The Labute approximate surface area is 141 Å². The van der Waals surface area contributed by atoms with Gasteiger partial charge in [0, 0.05) is 9.85 Å². The number of carbonyl (C=O) groups is 1. The van der Waals surface area contributed by atoms with Crippen molar-refractivity contribution in [1.82, 2.24) is 4.98 Å². The number of rotatable bonds is 6. The summed E-state index contributed by atoms with van der Waals surface area (Å²) in [7, 11) is 0. The predicted molar refractivity (Wildman–Crippen MR) is 92.5 cm³/mol. The Kier molecular flexibility index (Phi) is 6.09. The van der Waals surface area contributed by atoms with Crippen molar-refractivity contribution in [3.63, 3.8) is 0 Å². The number of ether oxygens (including phenoxy) is 1. The summed E-state index contributed by atoms with van der Waals surface area (Å²) in [5.74, 6) is -0.270. The maximum atomic E-state index is 11.4. The number of hydrazone groups is 1. The van der Waals surface area contributed by atoms with Gasteiger partial charge in [0.15, 0.2) is 0 Å². The van der Waals surface area contributed by atoms with Crippen LogP contribution in [0.2, 0.25) is 0 Å². The van der Waals surface area contributed by atoms with Crippen LogP contribution in [0.25, 0.3) is 0 Å². The molecule has 0 aliphatic carbocycles. The molecule has 0 saturated carbocycles. The molecule has 0 spiro atoms. The van der Waals surface area contributed by atoms with Gasteiger partial charge < -0.3 is 4.74 Å². The Bertz CT molecular complexity index is 685. The fourth-order valence-corrected chi connectivity index (χ4v) is 2.62. The average molecular weight is 382 g/mol. The third-order valence-corrected chi connectivity index (χ3v) is 4.42. The highest BCUT2D eigenvalue weighted by molar-refractivity contribution is 9.10. The Hall–Kier alpha value is -1.73. The molecule has 0 amide bonds. The average Bonchev–Trinajstić information content (AvgIpc) is 2.90. The quantitative estimate of drug-likeness (QED) is 0.469. The molecule has 0 atom stereocenters. The molecule has 1 aromatic heterocycles. The second-order valence-corrected chi connectivity index (χ2v) is 6.22. The van der Waals surface area contributed by atoms with Gasteiger partial charge in [-0.25, -0.2) is 4.98 Å². The summed E-state index contributed by atoms with van der Waals surface area (Å²) in [6.07, 6.45) is 1.91. The number of benzene rings is 1. The van der Waals surface area contributed by atoms with Crippen LogP contribution in [0, 0.1) is 6.92 Å². The molecule has 0 bridgehead atoms. The molecular weight excluding hydrogens is 366 g/mol. The molecular formula is C15H16BrN3O2S. The number of halogens is 1. The lowest BCUT2D eigenvalue weighted by Crippen LogP contribution is -2.07. The molecule has 22 heavy (non-hydrogen) atoms. The molecule has 116 valence electrons. The van der Waals surface area contributed by atoms with E-state index in [1.54, 1.807) is 13.1 Å². The molecule has 1 heterocycles. The van der Waals surface area contributed by atoms with Gasteiger partial charge in [-0.3, -0.25) is 10.2 Å². The normalized spacial score (nSPS) is 10.9. The molecule has 7 heteroatoms. The third-order valence-electron chi connectivity index (χ3n) is 2.74. The van der Waals surface area contributed by atoms with Crippen molar-refractivity contribution in [1.29, 1.82) is 0 Å². The summed E-state index contributed by atoms with van der Waals surface area (Å²) in [5.41, 5.74) is 5.69. The maximum absolute atomic E-state index is 11.4. The molecule has 0 fully saturated rings. The summed E-state index contributed by atoms with van der Waals surface area (Å²) in [6, 6.07) is 5.98. The minimum absolute atomic E-state index is 0.182. The van der Waals surface area contributed by atoms with Crippen molar-refractivity contribution in [3.8, 4) is 0 Å². The molecule has 0 saturated heterocycles. The zero-order valence-corrected chi connectivity index (χ0v) is 14.7. The Morgan fingerprint density at radius 1 is 1.55 bits per heavy atom. The first kappa shape index (κ1) is 16.6. The number of hydrogen-bond donors (Lipinski definition) is 1. The molecule has 0 unspecified atom stereocenters. The number of thiazole rings is 1. The molecule has 5 nitrogen and oxygen atoms in total. The summed E-state index contributed by atoms with van der Waals surface area (Å²) in [6.45, 7) is 4.19. The molecule has 1 aromatic carbocycles. The fourth-order valence-electron chi connectivity index (χ4n) is 1.71. The third kappa shape index (κ3) is 4.92. The van der Waals surface area contributed by atoms with Crippen molar-refractivity contribution >= 4 is 44.6 Å². The van der Waals surface area contributed by atoms with Crippen LogP contribution in [-0.2, 0) is 16.0 Å². The van der Waals surface area contributed by atoms with Crippen molar-refractivity contribution in [3.05, 3.63) is 44.9 Å². The number of hydrogen-bond acceptors (Lipinski definition) is 6. The first-order valence-electron chi connectivity index (χ1n) is 6.73. The number of nitrogens with zero attached hydrogens (tertiary/aromatic N) is 2. The van der Waals surface area contributed by atoms with Gasteiger partial charge in [-0.05, 0) is 37.1 Å². The summed E-state index contributed by atoms with van der Waals surface area (Å²) in [5, 5.41) is 6.61.